The van der Waals surface area contributed by atoms with Crippen molar-refractivity contribution in [2.75, 3.05) is 6.54 Å². The molecule has 3 heteroatoms. The van der Waals surface area contributed by atoms with E-state index in [1.165, 1.54) is 19.3 Å². The van der Waals surface area contributed by atoms with E-state index in [2.05, 4.69) is 11.9 Å². The number of nitrogens with zero attached hydrogens (tertiary/aromatic N) is 1. The highest BCUT2D eigenvalue weighted by molar-refractivity contribution is 5.17. The first-order valence-corrected chi connectivity index (χ1v) is 6.57. The third-order valence-corrected chi connectivity index (χ3v) is 3.21. The lowest BCUT2D eigenvalue weighted by molar-refractivity contribution is 0.132. The summed E-state index contributed by atoms with van der Waals surface area (Å²) in [6, 6.07) is 3.87. The molecule has 96 valence electrons. The van der Waals surface area contributed by atoms with Crippen molar-refractivity contribution in [3.8, 4) is 0 Å². The van der Waals surface area contributed by atoms with E-state index in [9.17, 15) is 5.11 Å². The molecule has 2 atom stereocenters. The summed E-state index contributed by atoms with van der Waals surface area (Å²) < 4.78 is 0. The van der Waals surface area contributed by atoms with Crippen LogP contribution in [-0.2, 0) is 0 Å². The summed E-state index contributed by atoms with van der Waals surface area (Å²) in [5, 5.41) is 10.2. The van der Waals surface area contributed by atoms with Gasteiger partial charge in [0.05, 0.1) is 6.10 Å². The molecule has 3 nitrogen and oxygen atoms in total. The van der Waals surface area contributed by atoms with E-state index in [-0.39, 0.29) is 12.0 Å². The van der Waals surface area contributed by atoms with Crippen molar-refractivity contribution in [2.45, 2.75) is 51.0 Å². The Bertz CT molecular complexity index is 290. The number of hydrogen-bond donors (Lipinski definition) is 2. The van der Waals surface area contributed by atoms with E-state index in [1.807, 2.05) is 12.1 Å². The van der Waals surface area contributed by atoms with Crippen LogP contribution in [0.2, 0.25) is 0 Å². The highest BCUT2D eigenvalue weighted by atomic mass is 16.3. The average Bonchev–Trinajstić information content (AvgIpc) is 2.37. The molecule has 0 saturated heterocycles. The predicted molar refractivity (Wildman–Crippen MR) is 70.8 cm³/mol. The second-order valence-corrected chi connectivity index (χ2v) is 4.54. The molecule has 0 aromatic carbocycles. The Balaban J connectivity index is 2.44. The fourth-order valence-electron chi connectivity index (χ4n) is 2.11. The molecule has 0 radical (unpaired) electrons. The first kappa shape index (κ1) is 14.1. The van der Waals surface area contributed by atoms with Gasteiger partial charge in [0.15, 0.2) is 0 Å². The lowest BCUT2D eigenvalue weighted by Gasteiger charge is -2.21. The number of rotatable bonds is 8. The summed E-state index contributed by atoms with van der Waals surface area (Å²) in [4.78, 5) is 3.99. The van der Waals surface area contributed by atoms with Gasteiger partial charge in [-0.25, -0.2) is 0 Å². The van der Waals surface area contributed by atoms with Crippen LogP contribution in [0, 0.1) is 0 Å². The van der Waals surface area contributed by atoms with Gasteiger partial charge in [-0.05, 0) is 24.1 Å². The van der Waals surface area contributed by atoms with Crippen LogP contribution in [0.4, 0.5) is 0 Å². The van der Waals surface area contributed by atoms with Crippen LogP contribution < -0.4 is 5.73 Å². The molecule has 1 aromatic heterocycles. The van der Waals surface area contributed by atoms with Crippen molar-refractivity contribution in [1.29, 1.82) is 0 Å². The Morgan fingerprint density at radius 3 is 2.53 bits per heavy atom. The lowest BCUT2D eigenvalue weighted by Crippen LogP contribution is -2.25. The van der Waals surface area contributed by atoms with E-state index in [0.29, 0.717) is 6.54 Å². The van der Waals surface area contributed by atoms with Gasteiger partial charge in [0.25, 0.3) is 0 Å². The first-order chi connectivity index (χ1) is 8.29. The molecule has 1 aromatic rings. The molecule has 0 aliphatic heterocycles. The molecule has 1 rings (SSSR count). The molecule has 0 bridgehead atoms. The molecular formula is C14H24N2O. The minimum atomic E-state index is -0.334. The van der Waals surface area contributed by atoms with Gasteiger partial charge in [-0.3, -0.25) is 4.98 Å². The third-order valence-electron chi connectivity index (χ3n) is 3.21. The highest BCUT2D eigenvalue weighted by Gasteiger charge is 2.18. The molecule has 0 saturated carbocycles. The maximum absolute atomic E-state index is 10.2. The van der Waals surface area contributed by atoms with Gasteiger partial charge in [-0.2, -0.15) is 0 Å². The molecule has 0 aliphatic carbocycles. The van der Waals surface area contributed by atoms with Crippen molar-refractivity contribution >= 4 is 0 Å². The summed E-state index contributed by atoms with van der Waals surface area (Å²) in [7, 11) is 0. The normalized spacial score (nSPS) is 14.5. The van der Waals surface area contributed by atoms with Gasteiger partial charge in [-0.1, -0.05) is 32.6 Å². The van der Waals surface area contributed by atoms with E-state index in [1.54, 1.807) is 12.4 Å². The number of pyridine rings is 1. The monoisotopic (exact) mass is 236 g/mol. The first-order valence-electron chi connectivity index (χ1n) is 6.57. The standard InChI is InChI=1S/C14H24N2O/c1-2-3-4-5-6-14(17)13(11-15)12-7-9-16-10-8-12/h7-10,13-14,17H,2-6,11,15H2,1H3. The van der Waals surface area contributed by atoms with Gasteiger partial charge < -0.3 is 10.8 Å². The van der Waals surface area contributed by atoms with Crippen molar-refractivity contribution in [3.05, 3.63) is 30.1 Å². The topological polar surface area (TPSA) is 59.1 Å². The van der Waals surface area contributed by atoms with Crippen LogP contribution in [0.1, 0.15) is 50.5 Å². The van der Waals surface area contributed by atoms with Crippen molar-refractivity contribution in [2.24, 2.45) is 5.73 Å². The van der Waals surface area contributed by atoms with Gasteiger partial charge in [0.2, 0.25) is 0 Å². The smallest absolute Gasteiger partial charge is 0.0620 e. The van der Waals surface area contributed by atoms with Crippen molar-refractivity contribution in [3.63, 3.8) is 0 Å². The van der Waals surface area contributed by atoms with Crippen molar-refractivity contribution in [1.82, 2.24) is 4.98 Å². The highest BCUT2D eigenvalue weighted by Crippen LogP contribution is 2.21. The third kappa shape index (κ3) is 4.84. The zero-order valence-corrected chi connectivity index (χ0v) is 10.7. The van der Waals surface area contributed by atoms with Crippen LogP contribution in [0.3, 0.4) is 0 Å². The lowest BCUT2D eigenvalue weighted by atomic mass is 9.91. The van der Waals surface area contributed by atoms with E-state index < -0.39 is 0 Å². The number of hydrogen-bond acceptors (Lipinski definition) is 3. The molecule has 17 heavy (non-hydrogen) atoms. The Morgan fingerprint density at radius 2 is 1.94 bits per heavy atom. The zero-order chi connectivity index (χ0) is 12.5. The second kappa shape index (κ2) is 8.20. The van der Waals surface area contributed by atoms with E-state index in [0.717, 1.165) is 18.4 Å². The average molecular weight is 236 g/mol. The van der Waals surface area contributed by atoms with Gasteiger partial charge in [0, 0.05) is 24.9 Å². The van der Waals surface area contributed by atoms with Crippen LogP contribution in [0.15, 0.2) is 24.5 Å². The van der Waals surface area contributed by atoms with Crippen LogP contribution in [-0.4, -0.2) is 22.7 Å². The van der Waals surface area contributed by atoms with Crippen LogP contribution >= 0.6 is 0 Å². The predicted octanol–water partition coefficient (Wildman–Crippen LogP) is 2.46. The van der Waals surface area contributed by atoms with E-state index in [4.69, 9.17) is 5.73 Å². The maximum Gasteiger partial charge on any atom is 0.0620 e. The fraction of sp³-hybridized carbons (Fsp3) is 0.643. The summed E-state index contributed by atoms with van der Waals surface area (Å²) >= 11 is 0. The summed E-state index contributed by atoms with van der Waals surface area (Å²) in [6.07, 6.45) is 8.75. The largest absolute Gasteiger partial charge is 0.392 e. The van der Waals surface area contributed by atoms with Crippen LogP contribution in [0.25, 0.3) is 0 Å². The summed E-state index contributed by atoms with van der Waals surface area (Å²) in [6.45, 7) is 2.68. The number of aliphatic hydroxyl groups excluding tert-OH is 1. The fourth-order valence-corrected chi connectivity index (χ4v) is 2.11. The van der Waals surface area contributed by atoms with Gasteiger partial charge in [-0.15, -0.1) is 0 Å². The number of nitrogens with two attached hydrogens (primary N) is 1. The Labute approximate surface area is 104 Å². The maximum atomic E-state index is 10.2. The Kier molecular flexibility index (Phi) is 6.82. The SMILES string of the molecule is CCCCCCC(O)C(CN)c1ccncc1. The van der Waals surface area contributed by atoms with Crippen LogP contribution in [0.5, 0.6) is 0 Å². The van der Waals surface area contributed by atoms with Gasteiger partial charge >= 0.3 is 0 Å². The molecular weight excluding hydrogens is 212 g/mol. The molecule has 0 fully saturated rings. The minimum Gasteiger partial charge on any atom is -0.392 e. The summed E-state index contributed by atoms with van der Waals surface area (Å²) in [5.74, 6) is 0.0413. The van der Waals surface area contributed by atoms with E-state index >= 15 is 0 Å². The molecule has 1 heterocycles. The number of aromatic nitrogens is 1. The number of aliphatic hydroxyl groups is 1. The molecule has 0 spiro atoms. The quantitative estimate of drug-likeness (QED) is 0.682. The number of unbranched alkanes of at least 4 members (excludes halogenated alkanes) is 3. The second-order valence-electron chi connectivity index (χ2n) is 4.54. The molecule has 2 unspecified atom stereocenters. The molecule has 3 N–H and O–H groups in total. The molecule has 0 amide bonds. The van der Waals surface area contributed by atoms with Gasteiger partial charge in [0.1, 0.15) is 0 Å². The Hall–Kier alpha value is -0.930. The Morgan fingerprint density at radius 1 is 1.24 bits per heavy atom. The zero-order valence-electron chi connectivity index (χ0n) is 10.7. The minimum absolute atomic E-state index is 0.0413. The molecule has 0 aliphatic rings. The van der Waals surface area contributed by atoms with Crippen molar-refractivity contribution < 1.29 is 5.11 Å². The summed E-state index contributed by atoms with van der Waals surface area (Å²) in [5.41, 5.74) is 6.84.